The van der Waals surface area contributed by atoms with Crippen LogP contribution in [0.2, 0.25) is 0 Å². The first-order valence-electron chi connectivity index (χ1n) is 10.2. The fourth-order valence-corrected chi connectivity index (χ4v) is 4.00. The topological polar surface area (TPSA) is 80.6 Å². The Labute approximate surface area is 170 Å². The zero-order chi connectivity index (χ0) is 20.2. The zero-order valence-corrected chi connectivity index (χ0v) is 16.8. The number of hydrogen-bond acceptors (Lipinski definition) is 5. The van der Waals surface area contributed by atoms with Gasteiger partial charge in [0.2, 0.25) is 5.91 Å². The minimum Gasteiger partial charge on any atom is -0.378 e. The lowest BCUT2D eigenvalue weighted by molar-refractivity contribution is -0.141. The van der Waals surface area contributed by atoms with Crippen molar-refractivity contribution in [2.75, 3.05) is 39.4 Å². The van der Waals surface area contributed by atoms with Crippen LogP contribution in [0.15, 0.2) is 30.5 Å². The minimum atomic E-state index is -0.152. The van der Waals surface area contributed by atoms with Crippen molar-refractivity contribution in [3.63, 3.8) is 0 Å². The first-order valence-corrected chi connectivity index (χ1v) is 10.2. The van der Waals surface area contributed by atoms with E-state index in [-0.39, 0.29) is 17.7 Å². The Balaban J connectivity index is 1.39. The monoisotopic (exact) mass is 397 g/mol. The quantitative estimate of drug-likeness (QED) is 0.778. The average molecular weight is 397 g/mol. The summed E-state index contributed by atoms with van der Waals surface area (Å²) in [6, 6.07) is 8.09. The maximum atomic E-state index is 12.9. The molecule has 0 saturated carbocycles. The van der Waals surface area contributed by atoms with Gasteiger partial charge in [0.25, 0.3) is 5.91 Å². The number of nitrogens with zero attached hydrogens (tertiary/aromatic N) is 5. The number of carbonyl (C=O) groups is 2. The summed E-state index contributed by atoms with van der Waals surface area (Å²) in [6.07, 6.45) is 3.34. The molecule has 0 bridgehead atoms. The van der Waals surface area contributed by atoms with Crippen LogP contribution in [0.4, 0.5) is 0 Å². The van der Waals surface area contributed by atoms with Gasteiger partial charge in [-0.1, -0.05) is 29.5 Å². The van der Waals surface area contributed by atoms with Crippen molar-refractivity contribution in [3.8, 4) is 0 Å². The van der Waals surface area contributed by atoms with Crippen molar-refractivity contribution in [2.45, 2.75) is 26.3 Å². The molecule has 0 spiro atoms. The molecule has 1 aromatic carbocycles. The van der Waals surface area contributed by atoms with Gasteiger partial charge in [0.05, 0.1) is 31.9 Å². The van der Waals surface area contributed by atoms with Crippen LogP contribution in [0, 0.1) is 12.8 Å². The summed E-state index contributed by atoms with van der Waals surface area (Å²) in [5.74, 6) is -0.165. The highest BCUT2D eigenvalue weighted by Gasteiger charge is 2.32. The van der Waals surface area contributed by atoms with Crippen molar-refractivity contribution >= 4 is 11.8 Å². The molecule has 2 saturated heterocycles. The SMILES string of the molecule is Cc1ccccc1Cn1cc(C(=O)N2CCCC(C(=O)N3CCOCC3)C2)nn1. The molecule has 4 rings (SSSR count). The van der Waals surface area contributed by atoms with Crippen molar-refractivity contribution in [1.82, 2.24) is 24.8 Å². The third-order valence-corrected chi connectivity index (χ3v) is 5.73. The minimum absolute atomic E-state index is 0.133. The van der Waals surface area contributed by atoms with Gasteiger partial charge in [-0.2, -0.15) is 0 Å². The van der Waals surface area contributed by atoms with E-state index >= 15 is 0 Å². The van der Waals surface area contributed by atoms with Crippen LogP contribution in [0.5, 0.6) is 0 Å². The predicted octanol–water partition coefficient (Wildman–Crippen LogP) is 1.35. The summed E-state index contributed by atoms with van der Waals surface area (Å²) >= 11 is 0. The maximum Gasteiger partial charge on any atom is 0.276 e. The van der Waals surface area contributed by atoms with E-state index in [9.17, 15) is 9.59 Å². The average Bonchev–Trinajstić information content (AvgIpc) is 3.23. The summed E-state index contributed by atoms with van der Waals surface area (Å²) in [7, 11) is 0. The molecular formula is C21H27N5O3. The number of morpholine rings is 1. The molecule has 29 heavy (non-hydrogen) atoms. The smallest absolute Gasteiger partial charge is 0.276 e. The highest BCUT2D eigenvalue weighted by molar-refractivity contribution is 5.92. The highest BCUT2D eigenvalue weighted by Crippen LogP contribution is 2.21. The second kappa shape index (κ2) is 8.73. The van der Waals surface area contributed by atoms with Gasteiger partial charge in [-0.3, -0.25) is 9.59 Å². The molecule has 0 aliphatic carbocycles. The molecule has 2 aliphatic heterocycles. The summed E-state index contributed by atoms with van der Waals surface area (Å²) in [5, 5.41) is 8.21. The van der Waals surface area contributed by atoms with E-state index in [0.717, 1.165) is 18.4 Å². The molecule has 1 atom stereocenters. The normalized spacial score (nSPS) is 20.0. The molecule has 1 unspecified atom stereocenters. The Morgan fingerprint density at radius 1 is 1.14 bits per heavy atom. The molecule has 0 N–H and O–H groups in total. The molecular weight excluding hydrogens is 370 g/mol. The summed E-state index contributed by atoms with van der Waals surface area (Å²) < 4.78 is 7.02. The van der Waals surface area contributed by atoms with E-state index < -0.39 is 0 Å². The van der Waals surface area contributed by atoms with Crippen molar-refractivity contribution < 1.29 is 14.3 Å². The van der Waals surface area contributed by atoms with Gasteiger partial charge in [-0.25, -0.2) is 4.68 Å². The van der Waals surface area contributed by atoms with Gasteiger partial charge >= 0.3 is 0 Å². The lowest BCUT2D eigenvalue weighted by Gasteiger charge is -2.35. The van der Waals surface area contributed by atoms with E-state index in [4.69, 9.17) is 4.74 Å². The summed E-state index contributed by atoms with van der Waals surface area (Å²) in [6.45, 7) is 6.17. The fourth-order valence-electron chi connectivity index (χ4n) is 4.00. The van der Waals surface area contributed by atoms with Crippen LogP contribution in [0.3, 0.4) is 0 Å². The summed E-state index contributed by atoms with van der Waals surface area (Å²) in [4.78, 5) is 29.3. The van der Waals surface area contributed by atoms with Gasteiger partial charge in [-0.05, 0) is 30.9 Å². The van der Waals surface area contributed by atoms with Crippen molar-refractivity contribution in [2.24, 2.45) is 5.92 Å². The third-order valence-electron chi connectivity index (χ3n) is 5.73. The van der Waals surface area contributed by atoms with Gasteiger partial charge in [0.1, 0.15) is 0 Å². The molecule has 2 fully saturated rings. The lowest BCUT2D eigenvalue weighted by Crippen LogP contribution is -2.49. The number of hydrogen-bond donors (Lipinski definition) is 0. The first-order chi connectivity index (χ1) is 14.1. The number of ether oxygens (including phenoxy) is 1. The molecule has 0 radical (unpaired) electrons. The molecule has 8 nitrogen and oxygen atoms in total. The fraction of sp³-hybridized carbons (Fsp3) is 0.524. The van der Waals surface area contributed by atoms with Crippen molar-refractivity contribution in [1.29, 1.82) is 0 Å². The third kappa shape index (κ3) is 4.48. The molecule has 8 heteroatoms. The Morgan fingerprint density at radius 3 is 2.72 bits per heavy atom. The van der Waals surface area contributed by atoms with Crippen LogP contribution < -0.4 is 0 Å². The number of likely N-dealkylation sites (tertiary alicyclic amines) is 1. The van der Waals surface area contributed by atoms with Gasteiger partial charge in [0, 0.05) is 26.2 Å². The Bertz CT molecular complexity index is 875. The molecule has 2 aromatic rings. The van der Waals surface area contributed by atoms with Crippen LogP contribution in [-0.2, 0) is 16.1 Å². The van der Waals surface area contributed by atoms with Crippen molar-refractivity contribution in [3.05, 3.63) is 47.3 Å². The Morgan fingerprint density at radius 2 is 1.93 bits per heavy atom. The number of carbonyl (C=O) groups excluding carboxylic acids is 2. The van der Waals surface area contributed by atoms with Crippen LogP contribution >= 0.6 is 0 Å². The van der Waals surface area contributed by atoms with E-state index in [1.807, 2.05) is 23.1 Å². The predicted molar refractivity (Wildman–Crippen MR) is 106 cm³/mol. The van der Waals surface area contributed by atoms with E-state index in [1.54, 1.807) is 15.8 Å². The number of benzene rings is 1. The molecule has 1 aromatic heterocycles. The standard InChI is InChI=1S/C21H27N5O3/c1-16-5-2-3-6-17(16)14-26-15-19(22-23-26)21(28)25-8-4-7-18(13-25)20(27)24-9-11-29-12-10-24/h2-3,5-6,15,18H,4,7-14H2,1H3. The number of amides is 2. The number of aromatic nitrogens is 3. The largest absolute Gasteiger partial charge is 0.378 e. The van der Waals surface area contributed by atoms with E-state index in [0.29, 0.717) is 51.6 Å². The molecule has 154 valence electrons. The van der Waals surface area contributed by atoms with Crippen LogP contribution in [0.1, 0.15) is 34.5 Å². The lowest BCUT2D eigenvalue weighted by atomic mass is 9.96. The van der Waals surface area contributed by atoms with Gasteiger partial charge < -0.3 is 14.5 Å². The van der Waals surface area contributed by atoms with Gasteiger partial charge in [-0.15, -0.1) is 5.10 Å². The second-order valence-electron chi connectivity index (χ2n) is 7.76. The Hall–Kier alpha value is -2.74. The van der Waals surface area contributed by atoms with Crippen LogP contribution in [-0.4, -0.2) is 76.0 Å². The van der Waals surface area contributed by atoms with E-state index in [2.05, 4.69) is 23.3 Å². The number of rotatable bonds is 4. The first kappa shape index (κ1) is 19.6. The maximum absolute atomic E-state index is 12.9. The van der Waals surface area contributed by atoms with Crippen LogP contribution in [0.25, 0.3) is 0 Å². The molecule has 2 aliphatic rings. The van der Waals surface area contributed by atoms with Gasteiger partial charge in [0.15, 0.2) is 5.69 Å². The zero-order valence-electron chi connectivity index (χ0n) is 16.8. The highest BCUT2D eigenvalue weighted by atomic mass is 16.5. The Kier molecular flexibility index (Phi) is 5.89. The summed E-state index contributed by atoms with van der Waals surface area (Å²) in [5.41, 5.74) is 2.65. The number of piperidine rings is 1. The second-order valence-corrected chi connectivity index (χ2v) is 7.76. The molecule has 3 heterocycles. The number of aryl methyl sites for hydroxylation is 1. The van der Waals surface area contributed by atoms with E-state index in [1.165, 1.54) is 5.56 Å². The molecule has 2 amide bonds.